The number of para-hydroxylation sites is 1. The van der Waals surface area contributed by atoms with Gasteiger partial charge in [-0.25, -0.2) is 0 Å². The highest BCUT2D eigenvalue weighted by atomic mass is 32.1. The first-order valence-corrected chi connectivity index (χ1v) is 4.78. The van der Waals surface area contributed by atoms with Gasteiger partial charge < -0.3 is 4.74 Å². The molecule has 0 aliphatic heterocycles. The van der Waals surface area contributed by atoms with Crippen LogP contribution in [0.3, 0.4) is 0 Å². The average molecular weight is 208 g/mol. The largest absolute Gasteiger partial charge is 0.496 e. The zero-order valence-corrected chi connectivity index (χ0v) is 8.30. The first kappa shape index (κ1) is 8.96. The van der Waals surface area contributed by atoms with Crippen molar-refractivity contribution < 1.29 is 4.74 Å². The topological polar surface area (TPSA) is 55.0 Å². The van der Waals surface area contributed by atoms with Crippen molar-refractivity contribution in [2.75, 3.05) is 7.11 Å². The monoisotopic (exact) mass is 208 g/mol. The Morgan fingerprint density at radius 2 is 2.21 bits per heavy atom. The van der Waals surface area contributed by atoms with Crippen molar-refractivity contribution in [1.82, 2.24) is 9.36 Å². The smallest absolute Gasteiger partial charge is 0.323 e. The fourth-order valence-electron chi connectivity index (χ4n) is 1.19. The first-order chi connectivity index (χ1) is 6.81. The van der Waals surface area contributed by atoms with E-state index >= 15 is 0 Å². The van der Waals surface area contributed by atoms with Gasteiger partial charge in [0.05, 0.1) is 12.7 Å². The van der Waals surface area contributed by atoms with Gasteiger partial charge in [-0.05, 0) is 12.1 Å². The van der Waals surface area contributed by atoms with Crippen molar-refractivity contribution in [2.45, 2.75) is 0 Å². The van der Waals surface area contributed by atoms with Crippen LogP contribution in [0.4, 0.5) is 0 Å². The lowest BCUT2D eigenvalue weighted by Gasteiger charge is -2.03. The first-order valence-electron chi connectivity index (χ1n) is 4.00. The minimum Gasteiger partial charge on any atom is -0.496 e. The molecule has 0 aliphatic carbocycles. The van der Waals surface area contributed by atoms with E-state index in [9.17, 15) is 4.79 Å². The second-order valence-electron chi connectivity index (χ2n) is 2.64. The van der Waals surface area contributed by atoms with Gasteiger partial charge >= 0.3 is 4.87 Å². The minimum absolute atomic E-state index is 0.161. The standard InChI is InChI=1S/C9H8N2O2S/c1-13-7-5-3-2-4-6(7)8-10-9(12)14-11-8/h2-5H,1H3,(H,10,11,12). The normalized spacial score (nSPS) is 10.1. The van der Waals surface area contributed by atoms with Crippen LogP contribution in [0, 0.1) is 0 Å². The Morgan fingerprint density at radius 1 is 1.43 bits per heavy atom. The lowest BCUT2D eigenvalue weighted by molar-refractivity contribution is 0.416. The number of benzene rings is 1. The quantitative estimate of drug-likeness (QED) is 0.813. The highest BCUT2D eigenvalue weighted by Gasteiger charge is 2.07. The van der Waals surface area contributed by atoms with Crippen molar-refractivity contribution >= 4 is 11.5 Å². The Kier molecular flexibility index (Phi) is 2.32. The number of hydrogen-bond acceptors (Lipinski definition) is 4. The maximum atomic E-state index is 10.9. The molecule has 0 spiro atoms. The molecule has 0 bridgehead atoms. The van der Waals surface area contributed by atoms with Gasteiger partial charge in [0.15, 0.2) is 5.82 Å². The molecule has 0 aliphatic rings. The number of methoxy groups -OCH3 is 1. The molecular formula is C9H8N2O2S. The van der Waals surface area contributed by atoms with Crippen LogP contribution in [0.5, 0.6) is 5.75 Å². The van der Waals surface area contributed by atoms with Gasteiger partial charge in [0.1, 0.15) is 5.75 Å². The molecule has 2 aromatic rings. The third-order valence-electron chi connectivity index (χ3n) is 1.80. The van der Waals surface area contributed by atoms with Crippen LogP contribution in [-0.2, 0) is 0 Å². The highest BCUT2D eigenvalue weighted by Crippen LogP contribution is 2.25. The van der Waals surface area contributed by atoms with Crippen molar-refractivity contribution in [1.29, 1.82) is 0 Å². The van der Waals surface area contributed by atoms with E-state index < -0.39 is 0 Å². The minimum atomic E-state index is -0.161. The Bertz CT molecular complexity index is 489. The molecule has 5 heteroatoms. The number of nitrogens with one attached hydrogen (secondary N) is 1. The van der Waals surface area contributed by atoms with E-state index in [1.54, 1.807) is 7.11 Å². The Balaban J connectivity index is 2.55. The molecule has 1 N–H and O–H groups in total. The van der Waals surface area contributed by atoms with Crippen LogP contribution < -0.4 is 9.61 Å². The molecule has 0 saturated heterocycles. The summed E-state index contributed by atoms with van der Waals surface area (Å²) in [6.45, 7) is 0. The second-order valence-corrected chi connectivity index (χ2v) is 3.38. The van der Waals surface area contributed by atoms with Crippen LogP contribution in [0.2, 0.25) is 0 Å². The Morgan fingerprint density at radius 3 is 2.86 bits per heavy atom. The van der Waals surface area contributed by atoms with E-state index in [0.29, 0.717) is 11.6 Å². The summed E-state index contributed by atoms with van der Waals surface area (Å²) >= 11 is 0.902. The molecule has 0 amide bonds. The summed E-state index contributed by atoms with van der Waals surface area (Å²) in [7, 11) is 1.59. The molecular weight excluding hydrogens is 200 g/mol. The molecule has 2 rings (SSSR count). The molecule has 0 saturated carbocycles. The predicted octanol–water partition coefficient (Wildman–Crippen LogP) is 1.51. The molecule has 0 atom stereocenters. The van der Waals surface area contributed by atoms with E-state index in [1.165, 1.54) is 0 Å². The maximum absolute atomic E-state index is 10.9. The molecule has 0 fully saturated rings. The van der Waals surface area contributed by atoms with Gasteiger partial charge in [0, 0.05) is 11.5 Å². The van der Waals surface area contributed by atoms with Crippen molar-refractivity contribution in [3.05, 3.63) is 33.9 Å². The van der Waals surface area contributed by atoms with E-state index in [-0.39, 0.29) is 4.87 Å². The van der Waals surface area contributed by atoms with Crippen molar-refractivity contribution in [2.24, 2.45) is 0 Å². The van der Waals surface area contributed by atoms with Gasteiger partial charge in [-0.3, -0.25) is 9.78 Å². The van der Waals surface area contributed by atoms with Gasteiger partial charge in [0.25, 0.3) is 0 Å². The van der Waals surface area contributed by atoms with Crippen LogP contribution in [0.25, 0.3) is 11.4 Å². The second kappa shape index (κ2) is 3.63. The number of H-pyrrole nitrogens is 1. The molecule has 1 aromatic carbocycles. The van der Waals surface area contributed by atoms with Crippen LogP contribution >= 0.6 is 11.5 Å². The van der Waals surface area contributed by atoms with Gasteiger partial charge in [-0.15, -0.1) is 0 Å². The van der Waals surface area contributed by atoms with Gasteiger partial charge in [0.2, 0.25) is 0 Å². The summed E-state index contributed by atoms with van der Waals surface area (Å²) in [5, 5.41) is 0. The third-order valence-corrected chi connectivity index (χ3v) is 2.34. The number of nitrogens with zero attached hydrogens (tertiary/aromatic N) is 1. The third kappa shape index (κ3) is 1.54. The van der Waals surface area contributed by atoms with Gasteiger partial charge in [-0.1, -0.05) is 12.1 Å². The van der Waals surface area contributed by atoms with E-state index in [0.717, 1.165) is 17.1 Å². The summed E-state index contributed by atoms with van der Waals surface area (Å²) in [5.74, 6) is 1.26. The van der Waals surface area contributed by atoms with Crippen LogP contribution in [0.15, 0.2) is 29.1 Å². The number of rotatable bonds is 2. The summed E-state index contributed by atoms with van der Waals surface area (Å²) in [4.78, 5) is 13.4. The van der Waals surface area contributed by atoms with E-state index in [2.05, 4.69) is 9.36 Å². The van der Waals surface area contributed by atoms with E-state index in [1.807, 2.05) is 24.3 Å². The number of aromatic amines is 1. The van der Waals surface area contributed by atoms with Crippen LogP contribution in [-0.4, -0.2) is 16.5 Å². The van der Waals surface area contributed by atoms with Crippen LogP contribution in [0.1, 0.15) is 0 Å². The summed E-state index contributed by atoms with van der Waals surface area (Å²) < 4.78 is 9.14. The Hall–Kier alpha value is -1.62. The molecule has 14 heavy (non-hydrogen) atoms. The average Bonchev–Trinajstić information content (AvgIpc) is 2.65. The lowest BCUT2D eigenvalue weighted by atomic mass is 10.2. The fourth-order valence-corrected chi connectivity index (χ4v) is 1.65. The predicted molar refractivity (Wildman–Crippen MR) is 54.7 cm³/mol. The number of aromatic nitrogens is 2. The maximum Gasteiger partial charge on any atom is 0.323 e. The molecule has 0 unspecified atom stereocenters. The highest BCUT2D eigenvalue weighted by molar-refractivity contribution is 7.03. The zero-order valence-electron chi connectivity index (χ0n) is 7.48. The summed E-state index contributed by atoms with van der Waals surface area (Å²) in [6.07, 6.45) is 0. The SMILES string of the molecule is COc1ccccc1-c1nsc(=O)[nH]1. The molecule has 4 nitrogen and oxygen atoms in total. The lowest BCUT2D eigenvalue weighted by Crippen LogP contribution is -1.94. The zero-order chi connectivity index (χ0) is 9.97. The van der Waals surface area contributed by atoms with Crippen molar-refractivity contribution in [3.63, 3.8) is 0 Å². The summed E-state index contributed by atoms with van der Waals surface area (Å²) in [6, 6.07) is 7.42. The molecule has 0 radical (unpaired) electrons. The molecule has 1 aromatic heterocycles. The number of hydrogen-bond donors (Lipinski definition) is 1. The summed E-state index contributed by atoms with van der Waals surface area (Å²) in [5.41, 5.74) is 0.799. The fraction of sp³-hybridized carbons (Fsp3) is 0.111. The van der Waals surface area contributed by atoms with Crippen molar-refractivity contribution in [3.8, 4) is 17.1 Å². The van der Waals surface area contributed by atoms with Gasteiger partial charge in [-0.2, -0.15) is 4.37 Å². The van der Waals surface area contributed by atoms with E-state index in [4.69, 9.17) is 4.74 Å². The molecule has 72 valence electrons. The number of ether oxygens (including phenoxy) is 1. The molecule has 1 heterocycles. The Labute approximate surface area is 84.3 Å².